The molecule has 0 aliphatic heterocycles. The Labute approximate surface area is 88.0 Å². The van der Waals surface area contributed by atoms with Crippen LogP contribution in [0.15, 0.2) is 17.5 Å². The van der Waals surface area contributed by atoms with E-state index >= 15 is 0 Å². The van der Waals surface area contributed by atoms with Crippen LogP contribution in [0.5, 0.6) is 0 Å². The second-order valence-corrected chi connectivity index (χ2v) is 4.13. The van der Waals surface area contributed by atoms with Crippen LogP contribution in [-0.2, 0) is 0 Å². The molecule has 0 unspecified atom stereocenters. The summed E-state index contributed by atoms with van der Waals surface area (Å²) < 4.78 is 0. The van der Waals surface area contributed by atoms with Crippen molar-refractivity contribution in [3.05, 3.63) is 22.4 Å². The Balaban J connectivity index is 2.28. The normalized spacial score (nSPS) is 10.8. The first-order valence-corrected chi connectivity index (χ1v) is 5.48. The lowest BCUT2D eigenvalue weighted by Gasteiger charge is -2.13. The maximum atomic E-state index is 11.5. The van der Waals surface area contributed by atoms with Gasteiger partial charge >= 0.3 is 0 Å². The first-order chi connectivity index (χ1) is 6.74. The fraction of sp³-hybridized carbons (Fsp3) is 0.500. The Bertz CT molecular complexity index is 272. The summed E-state index contributed by atoms with van der Waals surface area (Å²) in [6, 6.07) is 3.73. The second kappa shape index (κ2) is 5.90. The number of rotatable bonds is 6. The fourth-order valence-electron chi connectivity index (χ4n) is 1.14. The number of likely N-dealkylation sites (N-methyl/N-ethyl adjacent to an activating group) is 1. The molecule has 0 saturated carbocycles. The molecule has 3 nitrogen and oxygen atoms in total. The van der Waals surface area contributed by atoms with Gasteiger partial charge in [0, 0.05) is 19.5 Å². The van der Waals surface area contributed by atoms with Crippen molar-refractivity contribution in [3.63, 3.8) is 0 Å². The van der Waals surface area contributed by atoms with Crippen molar-refractivity contribution in [1.82, 2.24) is 4.90 Å². The summed E-state index contributed by atoms with van der Waals surface area (Å²) in [5, 5.41) is 10.6. The van der Waals surface area contributed by atoms with Crippen LogP contribution < -0.4 is 0 Å². The van der Waals surface area contributed by atoms with Gasteiger partial charge in [0.25, 0.3) is 0 Å². The van der Waals surface area contributed by atoms with E-state index in [0.717, 1.165) is 4.88 Å². The van der Waals surface area contributed by atoms with Crippen LogP contribution in [-0.4, -0.2) is 42.5 Å². The molecule has 1 heterocycles. The first-order valence-electron chi connectivity index (χ1n) is 4.60. The quantitative estimate of drug-likeness (QED) is 0.723. The van der Waals surface area contributed by atoms with Crippen molar-refractivity contribution in [2.24, 2.45) is 0 Å². The molecule has 0 atom stereocenters. The van der Waals surface area contributed by atoms with E-state index in [4.69, 9.17) is 5.11 Å². The molecule has 0 aliphatic carbocycles. The number of hydrogen-bond donors (Lipinski definition) is 1. The van der Waals surface area contributed by atoms with Gasteiger partial charge < -0.3 is 10.0 Å². The highest BCUT2D eigenvalue weighted by Gasteiger charge is 2.07. The summed E-state index contributed by atoms with van der Waals surface area (Å²) in [7, 11) is 1.90. The minimum atomic E-state index is 0.143. The predicted octanol–water partition coefficient (Wildman–Crippen LogP) is 1.24. The molecule has 0 amide bonds. The summed E-state index contributed by atoms with van der Waals surface area (Å²) >= 11 is 1.48. The second-order valence-electron chi connectivity index (χ2n) is 3.18. The minimum absolute atomic E-state index is 0.143. The third kappa shape index (κ3) is 3.57. The van der Waals surface area contributed by atoms with Crippen LogP contribution in [0.1, 0.15) is 16.1 Å². The number of Topliss-reactive ketones (excluding diaryl/α,β-unsaturated/α-hetero) is 1. The number of carbonyl (C=O) groups excluding carboxylic acids is 1. The third-order valence-electron chi connectivity index (χ3n) is 2.00. The molecule has 0 spiro atoms. The van der Waals surface area contributed by atoms with Crippen molar-refractivity contribution in [2.45, 2.75) is 6.42 Å². The molecule has 14 heavy (non-hydrogen) atoms. The molecule has 1 aromatic heterocycles. The molecule has 78 valence electrons. The lowest BCUT2D eigenvalue weighted by Crippen LogP contribution is -2.24. The fourth-order valence-corrected chi connectivity index (χ4v) is 1.83. The smallest absolute Gasteiger partial charge is 0.174 e. The molecule has 1 aromatic rings. The van der Waals surface area contributed by atoms with Crippen LogP contribution in [0.25, 0.3) is 0 Å². The molecule has 0 radical (unpaired) electrons. The molecule has 0 fully saturated rings. The number of nitrogens with zero attached hydrogens (tertiary/aromatic N) is 1. The number of aliphatic hydroxyl groups is 1. The van der Waals surface area contributed by atoms with Crippen LogP contribution >= 0.6 is 11.3 Å². The Hall–Kier alpha value is -0.710. The summed E-state index contributed by atoms with van der Waals surface area (Å²) in [5.74, 6) is 0.185. The van der Waals surface area contributed by atoms with Crippen LogP contribution in [0, 0.1) is 0 Å². The van der Waals surface area contributed by atoms with E-state index in [1.54, 1.807) is 0 Å². The minimum Gasteiger partial charge on any atom is -0.395 e. The van der Waals surface area contributed by atoms with E-state index < -0.39 is 0 Å². The molecular weight excluding hydrogens is 198 g/mol. The van der Waals surface area contributed by atoms with Crippen molar-refractivity contribution >= 4 is 17.1 Å². The molecule has 0 saturated heterocycles. The van der Waals surface area contributed by atoms with Crippen LogP contribution in [0.4, 0.5) is 0 Å². The van der Waals surface area contributed by atoms with Gasteiger partial charge in [0.05, 0.1) is 11.5 Å². The van der Waals surface area contributed by atoms with Gasteiger partial charge in [-0.25, -0.2) is 0 Å². The van der Waals surface area contributed by atoms with Gasteiger partial charge in [-0.15, -0.1) is 11.3 Å². The summed E-state index contributed by atoms with van der Waals surface area (Å²) in [5.41, 5.74) is 0. The van der Waals surface area contributed by atoms with Crippen molar-refractivity contribution < 1.29 is 9.90 Å². The maximum absolute atomic E-state index is 11.5. The SMILES string of the molecule is CN(CCO)CCC(=O)c1cccs1. The van der Waals surface area contributed by atoms with Crippen LogP contribution in [0.3, 0.4) is 0 Å². The number of ketones is 1. The van der Waals surface area contributed by atoms with E-state index in [0.29, 0.717) is 19.5 Å². The van der Waals surface area contributed by atoms with Crippen molar-refractivity contribution in [1.29, 1.82) is 0 Å². The summed E-state index contributed by atoms with van der Waals surface area (Å²) in [6.45, 7) is 1.47. The lowest BCUT2D eigenvalue weighted by molar-refractivity contribution is 0.0968. The monoisotopic (exact) mass is 213 g/mol. The average molecular weight is 213 g/mol. The predicted molar refractivity (Wildman–Crippen MR) is 57.8 cm³/mol. The summed E-state index contributed by atoms with van der Waals surface area (Å²) in [6.07, 6.45) is 0.525. The topological polar surface area (TPSA) is 40.5 Å². The van der Waals surface area contributed by atoms with Gasteiger partial charge in [0.1, 0.15) is 0 Å². The van der Waals surface area contributed by atoms with E-state index in [1.807, 2.05) is 29.5 Å². The Morgan fingerprint density at radius 1 is 1.57 bits per heavy atom. The number of thiophene rings is 1. The summed E-state index contributed by atoms with van der Waals surface area (Å²) in [4.78, 5) is 14.3. The van der Waals surface area contributed by atoms with E-state index in [9.17, 15) is 4.79 Å². The highest BCUT2D eigenvalue weighted by Crippen LogP contribution is 2.11. The zero-order valence-electron chi connectivity index (χ0n) is 8.27. The van der Waals surface area contributed by atoms with Gasteiger partial charge in [0.15, 0.2) is 5.78 Å². The van der Waals surface area contributed by atoms with Gasteiger partial charge in [0.2, 0.25) is 0 Å². The maximum Gasteiger partial charge on any atom is 0.174 e. The van der Waals surface area contributed by atoms with E-state index in [1.165, 1.54) is 11.3 Å². The van der Waals surface area contributed by atoms with Crippen molar-refractivity contribution in [2.75, 3.05) is 26.7 Å². The largest absolute Gasteiger partial charge is 0.395 e. The molecule has 1 rings (SSSR count). The Kier molecular flexibility index (Phi) is 4.79. The Morgan fingerprint density at radius 3 is 2.93 bits per heavy atom. The highest BCUT2D eigenvalue weighted by molar-refractivity contribution is 7.12. The van der Waals surface area contributed by atoms with E-state index in [2.05, 4.69) is 0 Å². The molecule has 1 N–H and O–H groups in total. The van der Waals surface area contributed by atoms with Crippen molar-refractivity contribution in [3.8, 4) is 0 Å². The Morgan fingerprint density at radius 2 is 2.36 bits per heavy atom. The van der Waals surface area contributed by atoms with E-state index in [-0.39, 0.29) is 12.4 Å². The van der Waals surface area contributed by atoms with Gasteiger partial charge in [-0.3, -0.25) is 4.79 Å². The standard InChI is InChI=1S/C10H15NO2S/c1-11(6-7-12)5-4-9(13)10-3-2-8-14-10/h2-3,8,12H,4-7H2,1H3. The lowest BCUT2D eigenvalue weighted by atomic mass is 10.2. The molecule has 0 aromatic carbocycles. The highest BCUT2D eigenvalue weighted by atomic mass is 32.1. The molecule has 4 heteroatoms. The zero-order chi connectivity index (χ0) is 10.4. The zero-order valence-corrected chi connectivity index (χ0v) is 9.09. The molecule has 0 aliphatic rings. The number of carbonyl (C=O) groups is 1. The van der Waals surface area contributed by atoms with Gasteiger partial charge in [-0.1, -0.05) is 6.07 Å². The molecule has 0 bridgehead atoms. The number of hydrogen-bond acceptors (Lipinski definition) is 4. The third-order valence-corrected chi connectivity index (χ3v) is 2.91. The molecular formula is C10H15NO2S. The average Bonchev–Trinajstić information content (AvgIpc) is 2.67. The first kappa shape index (κ1) is 11.4. The van der Waals surface area contributed by atoms with Gasteiger partial charge in [-0.2, -0.15) is 0 Å². The number of aliphatic hydroxyl groups excluding tert-OH is 1. The van der Waals surface area contributed by atoms with Crippen LogP contribution in [0.2, 0.25) is 0 Å². The van der Waals surface area contributed by atoms with Gasteiger partial charge in [-0.05, 0) is 18.5 Å².